The van der Waals surface area contributed by atoms with E-state index in [2.05, 4.69) is 6.07 Å². The normalized spacial score (nSPS) is 17.6. The Kier molecular flexibility index (Phi) is 3.70. The first-order chi connectivity index (χ1) is 9.75. The van der Waals surface area contributed by atoms with E-state index in [9.17, 15) is 4.39 Å². The van der Waals surface area contributed by atoms with Gasteiger partial charge in [-0.1, -0.05) is 30.3 Å². The van der Waals surface area contributed by atoms with Gasteiger partial charge < -0.3 is 10.5 Å². The first-order valence-electron chi connectivity index (χ1n) is 6.99. The molecule has 2 aromatic carbocycles. The quantitative estimate of drug-likeness (QED) is 0.923. The number of nitrogens with two attached hydrogens (primary N) is 1. The minimum atomic E-state index is -0.228. The van der Waals surface area contributed by atoms with E-state index in [0.29, 0.717) is 5.56 Å². The van der Waals surface area contributed by atoms with Crippen molar-refractivity contribution in [3.8, 4) is 5.75 Å². The van der Waals surface area contributed by atoms with Gasteiger partial charge in [-0.15, -0.1) is 0 Å². The van der Waals surface area contributed by atoms with Crippen LogP contribution in [0.4, 0.5) is 4.39 Å². The SMILES string of the molecule is NC1CCCc2c(OCc3ccccc3F)cccc21. The van der Waals surface area contributed by atoms with Gasteiger partial charge >= 0.3 is 0 Å². The van der Waals surface area contributed by atoms with E-state index in [1.54, 1.807) is 12.1 Å². The summed E-state index contributed by atoms with van der Waals surface area (Å²) in [7, 11) is 0. The summed E-state index contributed by atoms with van der Waals surface area (Å²) < 4.78 is 19.4. The van der Waals surface area contributed by atoms with Gasteiger partial charge in [0.2, 0.25) is 0 Å². The minimum absolute atomic E-state index is 0.0933. The Morgan fingerprint density at radius 1 is 1.15 bits per heavy atom. The molecule has 1 unspecified atom stereocenters. The highest BCUT2D eigenvalue weighted by molar-refractivity contribution is 5.43. The average molecular weight is 271 g/mol. The van der Waals surface area contributed by atoms with Crippen molar-refractivity contribution >= 4 is 0 Å². The maximum Gasteiger partial charge on any atom is 0.129 e. The van der Waals surface area contributed by atoms with E-state index in [1.807, 2.05) is 18.2 Å². The lowest BCUT2D eigenvalue weighted by Crippen LogP contribution is -2.18. The number of hydrogen-bond acceptors (Lipinski definition) is 2. The molecule has 0 amide bonds. The molecule has 0 spiro atoms. The van der Waals surface area contributed by atoms with Crippen molar-refractivity contribution in [2.24, 2.45) is 5.73 Å². The molecule has 2 N–H and O–H groups in total. The molecule has 1 aliphatic carbocycles. The van der Waals surface area contributed by atoms with Crippen molar-refractivity contribution < 1.29 is 9.13 Å². The van der Waals surface area contributed by atoms with Gasteiger partial charge in [0.1, 0.15) is 18.2 Å². The predicted octanol–water partition coefficient (Wildman–Crippen LogP) is 3.74. The van der Waals surface area contributed by atoms with Gasteiger partial charge in [0.05, 0.1) is 0 Å². The molecule has 0 saturated heterocycles. The fraction of sp³-hybridized carbons (Fsp3) is 0.294. The molecule has 20 heavy (non-hydrogen) atoms. The second kappa shape index (κ2) is 5.63. The Balaban J connectivity index is 1.82. The van der Waals surface area contributed by atoms with Crippen LogP contribution in [-0.4, -0.2) is 0 Å². The Bertz CT molecular complexity index is 612. The number of benzene rings is 2. The van der Waals surface area contributed by atoms with Gasteiger partial charge in [0, 0.05) is 11.6 Å². The molecule has 2 aromatic rings. The van der Waals surface area contributed by atoms with E-state index in [4.69, 9.17) is 10.5 Å². The predicted molar refractivity (Wildman–Crippen MR) is 77.0 cm³/mol. The highest BCUT2D eigenvalue weighted by atomic mass is 19.1. The van der Waals surface area contributed by atoms with Crippen molar-refractivity contribution in [2.45, 2.75) is 31.9 Å². The Hall–Kier alpha value is -1.87. The molecule has 1 atom stereocenters. The summed E-state index contributed by atoms with van der Waals surface area (Å²) in [4.78, 5) is 0. The number of rotatable bonds is 3. The molecule has 2 nitrogen and oxygen atoms in total. The van der Waals surface area contributed by atoms with Crippen LogP contribution in [0.25, 0.3) is 0 Å². The molecule has 104 valence electrons. The maximum atomic E-state index is 13.6. The molecule has 0 aromatic heterocycles. The molecule has 0 radical (unpaired) electrons. The van der Waals surface area contributed by atoms with Crippen LogP contribution in [0.5, 0.6) is 5.75 Å². The first kappa shape index (κ1) is 13.1. The van der Waals surface area contributed by atoms with Crippen molar-refractivity contribution in [3.63, 3.8) is 0 Å². The summed E-state index contributed by atoms with van der Waals surface area (Å²) in [6, 6.07) is 12.8. The van der Waals surface area contributed by atoms with Crippen molar-refractivity contribution in [1.29, 1.82) is 0 Å². The summed E-state index contributed by atoms with van der Waals surface area (Å²) in [6.45, 7) is 0.248. The third-order valence-corrected chi connectivity index (χ3v) is 3.85. The van der Waals surface area contributed by atoms with Crippen LogP contribution in [0.1, 0.15) is 35.6 Å². The topological polar surface area (TPSA) is 35.2 Å². The van der Waals surface area contributed by atoms with Crippen LogP contribution in [0, 0.1) is 5.82 Å². The number of ether oxygens (including phenoxy) is 1. The molecule has 3 heteroatoms. The fourth-order valence-electron chi connectivity index (χ4n) is 2.76. The lowest BCUT2D eigenvalue weighted by atomic mass is 9.87. The Morgan fingerprint density at radius 3 is 2.85 bits per heavy atom. The van der Waals surface area contributed by atoms with Gasteiger partial charge in [-0.05, 0) is 42.5 Å². The standard InChI is InChI=1S/C17H18FNO/c18-15-8-2-1-5-12(15)11-20-17-10-4-6-13-14(17)7-3-9-16(13)19/h1-2,4-6,8,10,16H,3,7,9,11,19H2. The molecular formula is C17H18FNO. The smallest absolute Gasteiger partial charge is 0.129 e. The molecule has 0 fully saturated rings. The summed E-state index contributed by atoms with van der Waals surface area (Å²) in [5.41, 5.74) is 9.06. The van der Waals surface area contributed by atoms with Gasteiger partial charge in [0.25, 0.3) is 0 Å². The zero-order chi connectivity index (χ0) is 13.9. The minimum Gasteiger partial charge on any atom is -0.489 e. The Morgan fingerprint density at radius 2 is 2.00 bits per heavy atom. The summed E-state index contributed by atoms with van der Waals surface area (Å²) >= 11 is 0. The van der Waals surface area contributed by atoms with Gasteiger partial charge in [-0.3, -0.25) is 0 Å². The van der Waals surface area contributed by atoms with Crippen LogP contribution in [0.2, 0.25) is 0 Å². The lowest BCUT2D eigenvalue weighted by molar-refractivity contribution is 0.294. The first-order valence-corrected chi connectivity index (χ1v) is 6.99. The molecule has 0 heterocycles. The van der Waals surface area contributed by atoms with Crippen molar-refractivity contribution in [3.05, 3.63) is 65.0 Å². The molecule has 0 aliphatic heterocycles. The van der Waals surface area contributed by atoms with E-state index in [0.717, 1.165) is 25.0 Å². The molecule has 0 bridgehead atoms. The second-order valence-electron chi connectivity index (χ2n) is 5.20. The van der Waals surface area contributed by atoms with Crippen LogP contribution >= 0.6 is 0 Å². The van der Waals surface area contributed by atoms with Crippen LogP contribution in [0.15, 0.2) is 42.5 Å². The van der Waals surface area contributed by atoms with E-state index in [-0.39, 0.29) is 18.5 Å². The van der Waals surface area contributed by atoms with Crippen LogP contribution in [-0.2, 0) is 13.0 Å². The summed E-state index contributed by atoms with van der Waals surface area (Å²) in [5.74, 6) is 0.606. The summed E-state index contributed by atoms with van der Waals surface area (Å²) in [5, 5.41) is 0. The lowest BCUT2D eigenvalue weighted by Gasteiger charge is -2.24. The monoisotopic (exact) mass is 271 g/mol. The average Bonchev–Trinajstić information content (AvgIpc) is 2.47. The zero-order valence-corrected chi connectivity index (χ0v) is 11.3. The molecule has 3 rings (SSSR count). The number of fused-ring (bicyclic) bond motifs is 1. The maximum absolute atomic E-state index is 13.6. The summed E-state index contributed by atoms with van der Waals surface area (Å²) in [6.07, 6.45) is 3.08. The van der Waals surface area contributed by atoms with Gasteiger partial charge in [0.15, 0.2) is 0 Å². The largest absolute Gasteiger partial charge is 0.489 e. The number of halogens is 1. The van der Waals surface area contributed by atoms with E-state index >= 15 is 0 Å². The highest BCUT2D eigenvalue weighted by Gasteiger charge is 2.19. The second-order valence-corrected chi connectivity index (χ2v) is 5.20. The number of hydrogen-bond donors (Lipinski definition) is 1. The molecule has 1 aliphatic rings. The van der Waals surface area contributed by atoms with Crippen molar-refractivity contribution in [1.82, 2.24) is 0 Å². The van der Waals surface area contributed by atoms with Gasteiger partial charge in [-0.2, -0.15) is 0 Å². The van der Waals surface area contributed by atoms with E-state index in [1.165, 1.54) is 17.2 Å². The fourth-order valence-corrected chi connectivity index (χ4v) is 2.76. The van der Waals surface area contributed by atoms with Gasteiger partial charge in [-0.25, -0.2) is 4.39 Å². The zero-order valence-electron chi connectivity index (χ0n) is 11.3. The third kappa shape index (κ3) is 2.54. The molecule has 0 saturated carbocycles. The van der Waals surface area contributed by atoms with Crippen LogP contribution < -0.4 is 10.5 Å². The third-order valence-electron chi connectivity index (χ3n) is 3.85. The van der Waals surface area contributed by atoms with Crippen molar-refractivity contribution in [2.75, 3.05) is 0 Å². The van der Waals surface area contributed by atoms with Crippen LogP contribution in [0.3, 0.4) is 0 Å². The molecular weight excluding hydrogens is 253 g/mol. The highest BCUT2D eigenvalue weighted by Crippen LogP contribution is 2.34. The Labute approximate surface area is 118 Å². The van der Waals surface area contributed by atoms with E-state index < -0.39 is 0 Å².